The van der Waals surface area contributed by atoms with Gasteiger partial charge in [-0.2, -0.15) is 9.97 Å². The van der Waals surface area contributed by atoms with Crippen molar-refractivity contribution in [3.05, 3.63) is 0 Å². The van der Waals surface area contributed by atoms with Gasteiger partial charge in [-0.05, 0) is 0 Å². The van der Waals surface area contributed by atoms with E-state index in [4.69, 9.17) is 15.2 Å². The number of nitrogen functional groups attached to an aromatic ring is 1. The topological polar surface area (TPSA) is 104 Å². The molecule has 1 aromatic rings. The van der Waals surface area contributed by atoms with E-state index in [1.165, 1.54) is 0 Å². The third-order valence-electron chi connectivity index (χ3n) is 1.74. The van der Waals surface area contributed by atoms with Crippen LogP contribution in [0.4, 0.5) is 5.82 Å². The number of nitrogens with zero attached hydrogens (tertiary/aromatic N) is 2. The zero-order valence-corrected chi connectivity index (χ0v) is 8.74. The summed E-state index contributed by atoms with van der Waals surface area (Å²) in [6.45, 7) is 0.658. The fourth-order valence-electron chi connectivity index (χ4n) is 1.11. The van der Waals surface area contributed by atoms with Crippen molar-refractivity contribution in [2.24, 2.45) is 0 Å². The normalized spacial score (nSPS) is 15.0. The molecule has 2 heterocycles. The lowest BCUT2D eigenvalue weighted by molar-refractivity contribution is 0.163. The summed E-state index contributed by atoms with van der Waals surface area (Å²) < 4.78 is 32.7. The third kappa shape index (κ3) is 1.80. The van der Waals surface area contributed by atoms with E-state index in [0.717, 1.165) is 6.26 Å². The van der Waals surface area contributed by atoms with Crippen molar-refractivity contribution in [3.63, 3.8) is 0 Å². The summed E-state index contributed by atoms with van der Waals surface area (Å²) in [5, 5.41) is -0.357. The molecule has 1 aliphatic heterocycles. The van der Waals surface area contributed by atoms with Gasteiger partial charge in [-0.1, -0.05) is 0 Å². The molecule has 7 nitrogen and oxygen atoms in total. The second-order valence-corrected chi connectivity index (χ2v) is 4.90. The largest absolute Gasteiger partial charge is 0.482 e. The van der Waals surface area contributed by atoms with Crippen LogP contribution in [0, 0.1) is 0 Å². The number of fused-ring (bicyclic) bond motifs is 1. The van der Waals surface area contributed by atoms with E-state index in [1.54, 1.807) is 0 Å². The van der Waals surface area contributed by atoms with Crippen LogP contribution in [0.25, 0.3) is 0 Å². The molecule has 0 aromatic carbocycles. The van der Waals surface area contributed by atoms with Gasteiger partial charge in [0.05, 0.1) is 0 Å². The Morgan fingerprint density at radius 3 is 2.60 bits per heavy atom. The molecule has 0 fully saturated rings. The van der Waals surface area contributed by atoms with E-state index in [-0.39, 0.29) is 22.6 Å². The van der Waals surface area contributed by atoms with E-state index >= 15 is 0 Å². The van der Waals surface area contributed by atoms with Crippen LogP contribution >= 0.6 is 0 Å². The first-order chi connectivity index (χ1) is 6.98. The molecule has 0 amide bonds. The Hall–Kier alpha value is -1.57. The minimum absolute atomic E-state index is 0.0277. The van der Waals surface area contributed by atoms with Crippen LogP contribution in [-0.4, -0.2) is 37.9 Å². The van der Waals surface area contributed by atoms with Crippen LogP contribution in [0.2, 0.25) is 0 Å². The van der Waals surface area contributed by atoms with E-state index in [2.05, 4.69) is 9.97 Å². The molecule has 0 bridgehead atoms. The average Bonchev–Trinajstić information content (AvgIpc) is 2.16. The van der Waals surface area contributed by atoms with Crippen LogP contribution in [0.3, 0.4) is 0 Å². The van der Waals surface area contributed by atoms with Gasteiger partial charge in [-0.25, -0.2) is 8.42 Å². The number of sulfone groups is 1. The van der Waals surface area contributed by atoms with Crippen molar-refractivity contribution in [3.8, 4) is 11.6 Å². The Bertz CT molecular complexity index is 499. The van der Waals surface area contributed by atoms with Gasteiger partial charge in [-0.15, -0.1) is 0 Å². The van der Waals surface area contributed by atoms with Crippen molar-refractivity contribution < 1.29 is 17.9 Å². The summed E-state index contributed by atoms with van der Waals surface area (Å²) in [5.41, 5.74) is 5.52. The van der Waals surface area contributed by atoms with E-state index in [9.17, 15) is 8.42 Å². The molecule has 0 radical (unpaired) electrons. The zero-order chi connectivity index (χ0) is 11.1. The van der Waals surface area contributed by atoms with E-state index < -0.39 is 9.84 Å². The highest BCUT2D eigenvalue weighted by atomic mass is 32.2. The lowest BCUT2D eigenvalue weighted by Gasteiger charge is -2.18. The summed E-state index contributed by atoms with van der Waals surface area (Å²) >= 11 is 0. The Morgan fingerprint density at radius 2 is 1.93 bits per heavy atom. The lowest BCUT2D eigenvalue weighted by Crippen LogP contribution is -2.20. The van der Waals surface area contributed by atoms with Gasteiger partial charge in [0.25, 0.3) is 11.0 Å². The molecule has 0 unspecified atom stereocenters. The maximum Gasteiger partial charge on any atom is 0.263 e. The van der Waals surface area contributed by atoms with Crippen LogP contribution in [0.5, 0.6) is 11.6 Å². The zero-order valence-electron chi connectivity index (χ0n) is 7.93. The van der Waals surface area contributed by atoms with Gasteiger partial charge in [0.1, 0.15) is 13.2 Å². The quantitative estimate of drug-likeness (QED) is 0.633. The van der Waals surface area contributed by atoms with Crippen molar-refractivity contribution in [2.75, 3.05) is 25.2 Å². The molecule has 2 N–H and O–H groups in total. The van der Waals surface area contributed by atoms with Crippen molar-refractivity contribution in [1.82, 2.24) is 9.97 Å². The third-order valence-corrected chi connectivity index (χ3v) is 2.59. The predicted molar refractivity (Wildman–Crippen MR) is 50.5 cm³/mol. The minimum atomic E-state index is -3.50. The second-order valence-electron chi connectivity index (χ2n) is 2.99. The maximum absolute atomic E-state index is 11.2. The Morgan fingerprint density at radius 1 is 1.27 bits per heavy atom. The Balaban J connectivity index is 2.60. The second kappa shape index (κ2) is 3.23. The summed E-state index contributed by atoms with van der Waals surface area (Å²) in [7, 11) is -3.50. The maximum atomic E-state index is 11.2. The number of anilines is 1. The van der Waals surface area contributed by atoms with Crippen molar-refractivity contribution in [2.45, 2.75) is 5.16 Å². The molecule has 0 spiro atoms. The molecule has 1 aromatic heterocycles. The summed E-state index contributed by atoms with van der Waals surface area (Å²) in [6, 6.07) is 0. The van der Waals surface area contributed by atoms with E-state index in [1.807, 2.05) is 0 Å². The smallest absolute Gasteiger partial charge is 0.263 e. The monoisotopic (exact) mass is 231 g/mol. The molecule has 0 saturated heterocycles. The molecule has 0 atom stereocenters. The van der Waals surface area contributed by atoms with Gasteiger partial charge in [0, 0.05) is 6.26 Å². The molecular weight excluding hydrogens is 222 g/mol. The fraction of sp³-hybridized carbons (Fsp3) is 0.429. The first-order valence-corrected chi connectivity index (χ1v) is 6.01. The van der Waals surface area contributed by atoms with Crippen LogP contribution in [0.1, 0.15) is 0 Å². The highest BCUT2D eigenvalue weighted by Crippen LogP contribution is 2.33. The standard InChI is InChI=1S/C7H9N3O4S/c1-15(11,12)7-9-5(8)4-6(10-7)14-3-2-13-4/h2-3H2,1H3,(H2,8,9,10). The minimum Gasteiger partial charge on any atom is -0.482 e. The summed E-state index contributed by atoms with van der Waals surface area (Å²) in [4.78, 5) is 7.35. The van der Waals surface area contributed by atoms with Gasteiger partial charge < -0.3 is 15.2 Å². The highest BCUT2D eigenvalue weighted by Gasteiger charge is 2.22. The SMILES string of the molecule is CS(=O)(=O)c1nc(N)c2c(n1)OCCO2. The molecule has 15 heavy (non-hydrogen) atoms. The number of aromatic nitrogens is 2. The Labute approximate surface area is 86.2 Å². The number of ether oxygens (including phenoxy) is 2. The molecule has 0 saturated carbocycles. The summed E-state index contributed by atoms with van der Waals surface area (Å²) in [6.07, 6.45) is 0.998. The van der Waals surface area contributed by atoms with Crippen molar-refractivity contribution >= 4 is 15.7 Å². The van der Waals surface area contributed by atoms with Crippen LogP contribution < -0.4 is 15.2 Å². The first-order valence-electron chi connectivity index (χ1n) is 4.11. The molecule has 8 heteroatoms. The fourth-order valence-corrected chi connectivity index (χ4v) is 1.62. The van der Waals surface area contributed by atoms with Gasteiger partial charge in [0.15, 0.2) is 5.82 Å². The Kier molecular flexibility index (Phi) is 2.14. The van der Waals surface area contributed by atoms with Gasteiger partial charge in [-0.3, -0.25) is 0 Å². The number of nitrogens with two attached hydrogens (primary N) is 1. The first kappa shape index (κ1) is 9.97. The molecule has 0 aliphatic carbocycles. The predicted octanol–water partition coefficient (Wildman–Crippen LogP) is -0.767. The van der Waals surface area contributed by atoms with Crippen LogP contribution in [0.15, 0.2) is 5.16 Å². The van der Waals surface area contributed by atoms with E-state index in [0.29, 0.717) is 13.2 Å². The number of hydrogen-bond acceptors (Lipinski definition) is 7. The highest BCUT2D eigenvalue weighted by molar-refractivity contribution is 7.90. The average molecular weight is 231 g/mol. The number of rotatable bonds is 1. The molecule has 82 valence electrons. The summed E-state index contributed by atoms with van der Waals surface area (Å²) in [5.74, 6) is 0.253. The molecular formula is C7H9N3O4S. The van der Waals surface area contributed by atoms with Gasteiger partial charge >= 0.3 is 0 Å². The lowest BCUT2D eigenvalue weighted by atomic mass is 10.5. The molecule has 2 rings (SSSR count). The van der Waals surface area contributed by atoms with Crippen LogP contribution in [-0.2, 0) is 9.84 Å². The number of hydrogen-bond donors (Lipinski definition) is 1. The van der Waals surface area contributed by atoms with Gasteiger partial charge in [0.2, 0.25) is 15.6 Å². The molecule has 1 aliphatic rings. The van der Waals surface area contributed by atoms with Crippen molar-refractivity contribution in [1.29, 1.82) is 0 Å².